The zero-order valence-corrected chi connectivity index (χ0v) is 11.1. The molecule has 0 N–H and O–H groups in total. The van der Waals surface area contributed by atoms with Gasteiger partial charge in [-0.05, 0) is 35.9 Å². The van der Waals surface area contributed by atoms with Crippen molar-refractivity contribution in [2.45, 2.75) is 6.61 Å². The monoisotopic (exact) mass is 278 g/mol. The quantitative estimate of drug-likeness (QED) is 0.731. The van der Waals surface area contributed by atoms with E-state index < -0.39 is 5.82 Å². The highest BCUT2D eigenvalue weighted by Gasteiger charge is 2.05. The third-order valence-electron chi connectivity index (χ3n) is 3.08. The maximum atomic E-state index is 13.4. The highest BCUT2D eigenvalue weighted by Crippen LogP contribution is 2.24. The Morgan fingerprint density at radius 1 is 1.14 bits per heavy atom. The molecule has 4 heteroatoms. The summed E-state index contributed by atoms with van der Waals surface area (Å²) in [6, 6.07) is 15.6. The van der Waals surface area contributed by atoms with Gasteiger partial charge in [-0.3, -0.25) is 4.98 Å². The fourth-order valence-electron chi connectivity index (χ4n) is 2.15. The summed E-state index contributed by atoms with van der Waals surface area (Å²) in [6.45, 7) is 0.183. The molecule has 0 amide bonds. The SMILES string of the molecule is N#Cc1cc(F)cc(COc2cccc3cccnc23)c1. The van der Waals surface area contributed by atoms with Crippen molar-refractivity contribution < 1.29 is 9.13 Å². The molecule has 0 fully saturated rings. The van der Waals surface area contributed by atoms with Gasteiger partial charge in [-0.1, -0.05) is 18.2 Å². The van der Waals surface area contributed by atoms with Gasteiger partial charge in [0.05, 0.1) is 11.6 Å². The minimum absolute atomic E-state index is 0.183. The number of para-hydroxylation sites is 1. The molecule has 102 valence electrons. The largest absolute Gasteiger partial charge is 0.487 e. The second kappa shape index (κ2) is 5.59. The molecule has 0 bridgehead atoms. The van der Waals surface area contributed by atoms with Crippen LogP contribution in [-0.2, 0) is 6.61 Å². The van der Waals surface area contributed by atoms with Crippen molar-refractivity contribution in [3.63, 3.8) is 0 Å². The van der Waals surface area contributed by atoms with Crippen LogP contribution in [0.1, 0.15) is 11.1 Å². The first-order valence-corrected chi connectivity index (χ1v) is 6.42. The van der Waals surface area contributed by atoms with E-state index in [2.05, 4.69) is 4.98 Å². The van der Waals surface area contributed by atoms with Crippen LogP contribution in [0.4, 0.5) is 4.39 Å². The zero-order valence-electron chi connectivity index (χ0n) is 11.1. The molecule has 1 heterocycles. The lowest BCUT2D eigenvalue weighted by atomic mass is 10.1. The van der Waals surface area contributed by atoms with Crippen LogP contribution in [0.25, 0.3) is 10.9 Å². The summed E-state index contributed by atoms with van der Waals surface area (Å²) in [6.07, 6.45) is 1.70. The lowest BCUT2D eigenvalue weighted by Crippen LogP contribution is -1.98. The van der Waals surface area contributed by atoms with Gasteiger partial charge >= 0.3 is 0 Å². The lowest BCUT2D eigenvalue weighted by Gasteiger charge is -2.09. The van der Waals surface area contributed by atoms with E-state index in [0.717, 1.165) is 10.9 Å². The number of rotatable bonds is 3. The predicted molar refractivity (Wildman–Crippen MR) is 77.2 cm³/mol. The Labute approximate surface area is 121 Å². The molecule has 0 saturated heterocycles. The van der Waals surface area contributed by atoms with Crippen molar-refractivity contribution >= 4 is 10.9 Å². The number of nitriles is 1. The Morgan fingerprint density at radius 2 is 2.00 bits per heavy atom. The second-order valence-electron chi connectivity index (χ2n) is 4.58. The lowest BCUT2D eigenvalue weighted by molar-refractivity contribution is 0.308. The number of halogens is 1. The molecule has 21 heavy (non-hydrogen) atoms. The Balaban J connectivity index is 1.87. The molecule has 3 nitrogen and oxygen atoms in total. The van der Waals surface area contributed by atoms with Crippen molar-refractivity contribution in [1.29, 1.82) is 5.26 Å². The third kappa shape index (κ3) is 2.82. The third-order valence-corrected chi connectivity index (χ3v) is 3.08. The zero-order chi connectivity index (χ0) is 14.7. The van der Waals surface area contributed by atoms with E-state index in [0.29, 0.717) is 11.3 Å². The molecule has 3 aromatic rings. The Morgan fingerprint density at radius 3 is 2.86 bits per heavy atom. The smallest absolute Gasteiger partial charge is 0.146 e. The molecule has 0 unspecified atom stereocenters. The van der Waals surface area contributed by atoms with E-state index in [1.165, 1.54) is 12.1 Å². The first kappa shape index (κ1) is 13.1. The molecule has 1 aromatic heterocycles. The normalized spacial score (nSPS) is 10.3. The van der Waals surface area contributed by atoms with Gasteiger partial charge in [0.15, 0.2) is 0 Å². The molecule has 0 atom stereocenters. The van der Waals surface area contributed by atoms with Crippen molar-refractivity contribution in [1.82, 2.24) is 4.98 Å². The van der Waals surface area contributed by atoms with Gasteiger partial charge in [-0.15, -0.1) is 0 Å². The highest BCUT2D eigenvalue weighted by atomic mass is 19.1. The van der Waals surface area contributed by atoms with Crippen molar-refractivity contribution in [2.75, 3.05) is 0 Å². The molecule has 0 aliphatic carbocycles. The van der Waals surface area contributed by atoms with E-state index in [1.54, 1.807) is 12.3 Å². The molecule has 0 aliphatic heterocycles. The van der Waals surface area contributed by atoms with Crippen LogP contribution in [0.3, 0.4) is 0 Å². The molecule has 0 saturated carbocycles. The van der Waals surface area contributed by atoms with Crippen LogP contribution in [0, 0.1) is 17.1 Å². The number of nitrogens with zero attached hydrogens (tertiary/aromatic N) is 2. The Kier molecular flexibility index (Phi) is 3.48. The number of hydrogen-bond acceptors (Lipinski definition) is 3. The van der Waals surface area contributed by atoms with Gasteiger partial charge < -0.3 is 4.74 Å². The summed E-state index contributed by atoms with van der Waals surface area (Å²) in [5.41, 5.74) is 1.65. The van der Waals surface area contributed by atoms with Crippen molar-refractivity contribution in [2.24, 2.45) is 0 Å². The molecule has 3 rings (SSSR count). The van der Waals surface area contributed by atoms with Gasteiger partial charge in [0.25, 0.3) is 0 Å². The summed E-state index contributed by atoms with van der Waals surface area (Å²) >= 11 is 0. The minimum Gasteiger partial charge on any atom is -0.487 e. The van der Waals surface area contributed by atoms with Crippen LogP contribution in [0.5, 0.6) is 5.75 Å². The number of hydrogen-bond donors (Lipinski definition) is 0. The topological polar surface area (TPSA) is 45.9 Å². The van der Waals surface area contributed by atoms with Crippen LogP contribution < -0.4 is 4.74 Å². The van der Waals surface area contributed by atoms with Gasteiger partial charge in [0, 0.05) is 11.6 Å². The minimum atomic E-state index is -0.441. The van der Waals surface area contributed by atoms with Crippen molar-refractivity contribution in [3.8, 4) is 11.8 Å². The van der Waals surface area contributed by atoms with E-state index >= 15 is 0 Å². The Bertz CT molecular complexity index is 834. The summed E-state index contributed by atoms with van der Waals surface area (Å²) < 4.78 is 19.1. The van der Waals surface area contributed by atoms with E-state index in [9.17, 15) is 4.39 Å². The average Bonchev–Trinajstić information content (AvgIpc) is 2.52. The molecule has 0 spiro atoms. The maximum Gasteiger partial charge on any atom is 0.146 e. The van der Waals surface area contributed by atoms with Gasteiger partial charge in [-0.25, -0.2) is 4.39 Å². The van der Waals surface area contributed by atoms with Gasteiger partial charge in [0.2, 0.25) is 0 Å². The number of aromatic nitrogens is 1. The standard InChI is InChI=1S/C17H11FN2O/c18-15-8-12(10-19)7-13(9-15)11-21-16-5-1-3-14-4-2-6-20-17(14)16/h1-9H,11H2. The summed E-state index contributed by atoms with van der Waals surface area (Å²) in [7, 11) is 0. The fraction of sp³-hybridized carbons (Fsp3) is 0.0588. The predicted octanol–water partition coefficient (Wildman–Crippen LogP) is 3.82. The maximum absolute atomic E-state index is 13.4. The fourth-order valence-corrected chi connectivity index (χ4v) is 2.15. The van der Waals surface area contributed by atoms with Gasteiger partial charge in [0.1, 0.15) is 23.7 Å². The summed E-state index contributed by atoms with van der Waals surface area (Å²) in [5.74, 6) is 0.194. The second-order valence-corrected chi connectivity index (χ2v) is 4.58. The summed E-state index contributed by atoms with van der Waals surface area (Å²) in [5, 5.41) is 9.82. The van der Waals surface area contributed by atoms with Crippen LogP contribution in [-0.4, -0.2) is 4.98 Å². The van der Waals surface area contributed by atoms with E-state index in [1.807, 2.05) is 36.4 Å². The molecular formula is C17H11FN2O. The van der Waals surface area contributed by atoms with E-state index in [-0.39, 0.29) is 12.2 Å². The molecule has 0 aliphatic rings. The molecule has 2 aromatic carbocycles. The first-order chi connectivity index (χ1) is 10.3. The molecular weight excluding hydrogens is 267 g/mol. The van der Waals surface area contributed by atoms with Gasteiger partial charge in [-0.2, -0.15) is 5.26 Å². The van der Waals surface area contributed by atoms with Crippen LogP contribution >= 0.6 is 0 Å². The van der Waals surface area contributed by atoms with E-state index in [4.69, 9.17) is 10.00 Å². The first-order valence-electron chi connectivity index (χ1n) is 6.42. The number of ether oxygens (including phenoxy) is 1. The average molecular weight is 278 g/mol. The van der Waals surface area contributed by atoms with Crippen molar-refractivity contribution in [3.05, 3.63) is 71.7 Å². The van der Waals surface area contributed by atoms with Crippen LogP contribution in [0.2, 0.25) is 0 Å². The number of fused-ring (bicyclic) bond motifs is 1. The van der Waals surface area contributed by atoms with Crippen LogP contribution in [0.15, 0.2) is 54.7 Å². The molecule has 0 radical (unpaired) electrons. The number of benzene rings is 2. The summed E-state index contributed by atoms with van der Waals surface area (Å²) in [4.78, 5) is 4.29. The highest BCUT2D eigenvalue weighted by molar-refractivity contribution is 5.84. The Hall–Kier alpha value is -2.93. The number of pyridine rings is 1.